The van der Waals surface area contributed by atoms with Crippen molar-refractivity contribution < 1.29 is 4.79 Å². The second-order valence-corrected chi connectivity index (χ2v) is 6.59. The summed E-state index contributed by atoms with van der Waals surface area (Å²) >= 11 is 0. The van der Waals surface area contributed by atoms with Crippen LogP contribution in [0.3, 0.4) is 0 Å². The van der Waals surface area contributed by atoms with Gasteiger partial charge in [-0.1, -0.05) is 72.3 Å². The lowest BCUT2D eigenvalue weighted by Gasteiger charge is -2.07. The zero-order chi connectivity index (χ0) is 18.6. The number of fused-ring (bicyclic) bond motifs is 1. The van der Waals surface area contributed by atoms with Crippen LogP contribution >= 0.6 is 0 Å². The highest BCUT2D eigenvalue weighted by atomic mass is 16.1. The summed E-state index contributed by atoms with van der Waals surface area (Å²) in [6.07, 6.45) is 3.42. The van der Waals surface area contributed by atoms with Gasteiger partial charge < -0.3 is 4.57 Å². The summed E-state index contributed by atoms with van der Waals surface area (Å²) < 4.78 is 2.14. The summed E-state index contributed by atoms with van der Waals surface area (Å²) in [6, 6.07) is 25.9. The average molecular weight is 352 g/mol. The molecule has 27 heavy (non-hydrogen) atoms. The predicted molar refractivity (Wildman–Crippen MR) is 110 cm³/mol. The van der Waals surface area contributed by atoms with E-state index in [0.29, 0.717) is 12.1 Å². The smallest absolute Gasteiger partial charge is 0.185 e. The number of rotatable bonds is 5. The van der Waals surface area contributed by atoms with Gasteiger partial charge in [0.25, 0.3) is 0 Å². The van der Waals surface area contributed by atoms with Crippen LogP contribution in [0.1, 0.15) is 27.3 Å². The molecule has 0 radical (unpaired) electrons. The molecule has 0 fully saturated rings. The van der Waals surface area contributed by atoms with Gasteiger partial charge in [0.15, 0.2) is 5.78 Å². The fraction of sp³-hybridized carbons (Fsp3) is 0.0833. The summed E-state index contributed by atoms with van der Waals surface area (Å²) in [7, 11) is 0. The first-order valence-electron chi connectivity index (χ1n) is 8.99. The van der Waals surface area contributed by atoms with Crippen molar-refractivity contribution in [2.24, 2.45) is 0 Å². The Morgan fingerprint density at radius 1 is 0.926 bits per heavy atom. The maximum atomic E-state index is 12.5. The van der Waals surface area contributed by atoms with Crippen molar-refractivity contribution in [3.8, 4) is 0 Å². The van der Waals surface area contributed by atoms with Crippen molar-refractivity contribution in [2.75, 3.05) is 0 Å². The second kappa shape index (κ2) is 7.42. The first-order valence-corrected chi connectivity index (χ1v) is 8.99. The molecule has 3 nitrogen and oxygen atoms in total. The molecule has 132 valence electrons. The third-order valence-electron chi connectivity index (χ3n) is 4.59. The molecule has 0 spiro atoms. The molecule has 0 unspecified atom stereocenters. The molecule has 3 aromatic carbocycles. The Labute approximate surface area is 158 Å². The molecule has 0 saturated heterocycles. The van der Waals surface area contributed by atoms with Gasteiger partial charge in [0.05, 0.1) is 11.0 Å². The molecule has 4 rings (SSSR count). The van der Waals surface area contributed by atoms with Gasteiger partial charge in [0, 0.05) is 12.1 Å². The SMILES string of the molecule is Cc1ccc(C(=O)/C=C\c2nc3ccccc3n2Cc2ccccc2)cc1. The van der Waals surface area contributed by atoms with Gasteiger partial charge in [-0.05, 0) is 36.8 Å². The standard InChI is InChI=1S/C24H20N2O/c1-18-11-13-20(14-12-18)23(27)15-16-24-25-21-9-5-6-10-22(21)26(24)17-19-7-3-2-4-8-19/h2-16H,17H2,1H3/b16-15-. The van der Waals surface area contributed by atoms with Crippen LogP contribution in [0.5, 0.6) is 0 Å². The van der Waals surface area contributed by atoms with Crippen molar-refractivity contribution in [1.29, 1.82) is 0 Å². The van der Waals surface area contributed by atoms with Crippen molar-refractivity contribution in [2.45, 2.75) is 13.5 Å². The van der Waals surface area contributed by atoms with E-state index >= 15 is 0 Å². The molecule has 0 saturated carbocycles. The highest BCUT2D eigenvalue weighted by molar-refractivity contribution is 6.06. The number of para-hydroxylation sites is 2. The lowest BCUT2D eigenvalue weighted by molar-refractivity contribution is 0.104. The van der Waals surface area contributed by atoms with E-state index in [1.165, 1.54) is 5.56 Å². The number of hydrogen-bond donors (Lipinski definition) is 0. The van der Waals surface area contributed by atoms with Crippen LogP contribution < -0.4 is 0 Å². The minimum absolute atomic E-state index is 0.0201. The maximum absolute atomic E-state index is 12.5. The van der Waals surface area contributed by atoms with E-state index in [-0.39, 0.29) is 5.78 Å². The van der Waals surface area contributed by atoms with Gasteiger partial charge in [0.1, 0.15) is 5.82 Å². The van der Waals surface area contributed by atoms with Crippen molar-refractivity contribution in [3.05, 3.63) is 107 Å². The van der Waals surface area contributed by atoms with Gasteiger partial charge >= 0.3 is 0 Å². The van der Waals surface area contributed by atoms with Gasteiger partial charge in [-0.2, -0.15) is 0 Å². The molecule has 0 atom stereocenters. The van der Waals surface area contributed by atoms with Crippen molar-refractivity contribution in [3.63, 3.8) is 0 Å². The summed E-state index contributed by atoms with van der Waals surface area (Å²) in [6.45, 7) is 2.72. The first kappa shape index (κ1) is 17.0. The molecule has 1 heterocycles. The Morgan fingerprint density at radius 3 is 2.41 bits per heavy atom. The lowest BCUT2D eigenvalue weighted by Crippen LogP contribution is -2.02. The van der Waals surface area contributed by atoms with Crippen LogP contribution in [-0.4, -0.2) is 15.3 Å². The number of aromatic nitrogens is 2. The number of hydrogen-bond acceptors (Lipinski definition) is 2. The van der Waals surface area contributed by atoms with Gasteiger partial charge in [0.2, 0.25) is 0 Å². The molecule has 0 N–H and O–H groups in total. The minimum atomic E-state index is -0.0201. The first-order chi connectivity index (χ1) is 13.2. The predicted octanol–water partition coefficient (Wildman–Crippen LogP) is 5.29. The van der Waals surface area contributed by atoms with Crippen LogP contribution in [0, 0.1) is 6.92 Å². The Balaban J connectivity index is 1.69. The monoisotopic (exact) mass is 352 g/mol. The topological polar surface area (TPSA) is 34.9 Å². The molecular formula is C24H20N2O. The van der Waals surface area contributed by atoms with Crippen molar-refractivity contribution in [1.82, 2.24) is 9.55 Å². The minimum Gasteiger partial charge on any atom is -0.320 e. The fourth-order valence-electron chi connectivity index (χ4n) is 3.12. The Bertz CT molecular complexity index is 1110. The van der Waals surface area contributed by atoms with E-state index in [0.717, 1.165) is 22.4 Å². The third kappa shape index (κ3) is 3.72. The number of imidazole rings is 1. The molecule has 4 aromatic rings. The van der Waals surface area contributed by atoms with E-state index < -0.39 is 0 Å². The second-order valence-electron chi connectivity index (χ2n) is 6.59. The molecule has 0 amide bonds. The molecule has 3 heteroatoms. The number of benzene rings is 3. The number of carbonyl (C=O) groups is 1. The van der Waals surface area contributed by atoms with Crippen LogP contribution in [0.2, 0.25) is 0 Å². The zero-order valence-corrected chi connectivity index (χ0v) is 15.2. The van der Waals surface area contributed by atoms with Gasteiger partial charge in [-0.25, -0.2) is 4.98 Å². The molecule has 1 aromatic heterocycles. The number of ketones is 1. The fourth-order valence-corrected chi connectivity index (χ4v) is 3.12. The Morgan fingerprint density at radius 2 is 1.63 bits per heavy atom. The van der Waals surface area contributed by atoms with E-state index in [1.807, 2.05) is 73.7 Å². The number of aryl methyl sites for hydroxylation is 1. The summed E-state index contributed by atoms with van der Waals surface area (Å²) in [4.78, 5) is 17.2. The zero-order valence-electron chi connectivity index (χ0n) is 15.2. The molecule has 0 bridgehead atoms. The van der Waals surface area contributed by atoms with Crippen molar-refractivity contribution >= 4 is 22.9 Å². The largest absolute Gasteiger partial charge is 0.320 e. The number of allylic oxidation sites excluding steroid dienone is 1. The quantitative estimate of drug-likeness (QED) is 0.361. The van der Waals surface area contributed by atoms with Gasteiger partial charge in [-0.15, -0.1) is 0 Å². The average Bonchev–Trinajstić information content (AvgIpc) is 3.05. The molecule has 0 aliphatic rings. The van der Waals surface area contributed by atoms with Crippen LogP contribution in [-0.2, 0) is 6.54 Å². The van der Waals surface area contributed by atoms with E-state index in [2.05, 4.69) is 22.8 Å². The molecule has 0 aliphatic carbocycles. The summed E-state index contributed by atoms with van der Waals surface area (Å²) in [5, 5.41) is 0. The van der Waals surface area contributed by atoms with E-state index in [4.69, 9.17) is 4.98 Å². The number of carbonyl (C=O) groups excluding carboxylic acids is 1. The normalized spacial score (nSPS) is 11.3. The summed E-state index contributed by atoms with van der Waals surface area (Å²) in [5.41, 5.74) is 5.00. The van der Waals surface area contributed by atoms with E-state index in [9.17, 15) is 4.79 Å². The van der Waals surface area contributed by atoms with Gasteiger partial charge in [-0.3, -0.25) is 4.79 Å². The summed E-state index contributed by atoms with van der Waals surface area (Å²) in [5.74, 6) is 0.758. The van der Waals surface area contributed by atoms with Crippen LogP contribution in [0.15, 0.2) is 84.9 Å². The third-order valence-corrected chi connectivity index (χ3v) is 4.59. The highest BCUT2D eigenvalue weighted by Gasteiger charge is 2.09. The maximum Gasteiger partial charge on any atom is 0.185 e. The highest BCUT2D eigenvalue weighted by Crippen LogP contribution is 2.19. The number of nitrogens with zero attached hydrogens (tertiary/aromatic N) is 2. The Kier molecular flexibility index (Phi) is 4.67. The van der Waals surface area contributed by atoms with E-state index in [1.54, 1.807) is 6.08 Å². The lowest BCUT2D eigenvalue weighted by atomic mass is 10.1. The molecule has 0 aliphatic heterocycles. The van der Waals surface area contributed by atoms with Crippen LogP contribution in [0.4, 0.5) is 0 Å². The molecular weight excluding hydrogens is 332 g/mol. The van der Waals surface area contributed by atoms with Crippen LogP contribution in [0.25, 0.3) is 17.1 Å². The Hall–Kier alpha value is -3.46.